The highest BCUT2D eigenvalue weighted by Gasteiger charge is 2.30. The topological polar surface area (TPSA) is 93.7 Å². The molecule has 7 nitrogen and oxygen atoms in total. The van der Waals surface area contributed by atoms with Crippen LogP contribution in [0.25, 0.3) is 11.1 Å². The monoisotopic (exact) mass is 506 g/mol. The normalized spacial score (nSPS) is 12.6. The molecule has 0 radical (unpaired) electrons. The van der Waals surface area contributed by atoms with Gasteiger partial charge < -0.3 is 20.1 Å². The van der Waals surface area contributed by atoms with E-state index >= 15 is 0 Å². The number of hydrogen-bond acceptors (Lipinski definition) is 5. The molecule has 2 N–H and O–H groups in total. The fourth-order valence-electron chi connectivity index (χ4n) is 4.73. The highest BCUT2D eigenvalue weighted by molar-refractivity contribution is 5.98. The number of ether oxygens (including phenoxy) is 2. The summed E-state index contributed by atoms with van der Waals surface area (Å²) >= 11 is 0. The lowest BCUT2D eigenvalue weighted by Crippen LogP contribution is -2.37. The minimum absolute atomic E-state index is 0.0922. The maximum atomic E-state index is 13.2. The third-order valence-electron chi connectivity index (χ3n) is 6.57. The van der Waals surface area contributed by atoms with Crippen LogP contribution in [0, 0.1) is 0 Å². The summed E-state index contributed by atoms with van der Waals surface area (Å²) in [5.41, 5.74) is 5.92. The number of carbonyl (C=O) groups excluding carboxylic acids is 3. The van der Waals surface area contributed by atoms with Crippen molar-refractivity contribution >= 4 is 23.7 Å². The summed E-state index contributed by atoms with van der Waals surface area (Å²) < 4.78 is 10.4. The first-order chi connectivity index (χ1) is 18.5. The van der Waals surface area contributed by atoms with E-state index in [-0.39, 0.29) is 12.5 Å². The molecule has 1 unspecified atom stereocenters. The van der Waals surface area contributed by atoms with E-state index in [2.05, 4.69) is 22.8 Å². The lowest BCUT2D eigenvalue weighted by atomic mass is 9.98. The Hall–Kier alpha value is -4.91. The quantitative estimate of drug-likeness (QED) is 0.314. The first-order valence-corrected chi connectivity index (χ1v) is 12.2. The van der Waals surface area contributed by atoms with Gasteiger partial charge in [0.15, 0.2) is 0 Å². The number of amides is 2. The maximum Gasteiger partial charge on any atom is 0.408 e. The van der Waals surface area contributed by atoms with Gasteiger partial charge in [0.05, 0.1) is 12.7 Å². The molecule has 7 heteroatoms. The van der Waals surface area contributed by atoms with Gasteiger partial charge in [-0.25, -0.2) is 9.59 Å². The van der Waals surface area contributed by atoms with Crippen molar-refractivity contribution in [2.24, 2.45) is 0 Å². The molecule has 1 atom stereocenters. The van der Waals surface area contributed by atoms with E-state index in [9.17, 15) is 14.4 Å². The van der Waals surface area contributed by atoms with Gasteiger partial charge in [-0.2, -0.15) is 0 Å². The second-order valence-electron chi connectivity index (χ2n) is 8.87. The Kier molecular flexibility index (Phi) is 7.17. The fraction of sp³-hybridized carbons (Fsp3) is 0.129. The molecule has 38 heavy (non-hydrogen) atoms. The summed E-state index contributed by atoms with van der Waals surface area (Å²) in [6.45, 7) is 0.137. The Bertz CT molecular complexity index is 1420. The predicted molar refractivity (Wildman–Crippen MR) is 144 cm³/mol. The van der Waals surface area contributed by atoms with Gasteiger partial charge in [-0.1, -0.05) is 78.9 Å². The number of hydrogen-bond donors (Lipinski definition) is 2. The zero-order valence-electron chi connectivity index (χ0n) is 20.7. The number of carbonyl (C=O) groups is 3. The van der Waals surface area contributed by atoms with Crippen molar-refractivity contribution in [3.63, 3.8) is 0 Å². The van der Waals surface area contributed by atoms with Crippen LogP contribution < -0.4 is 10.6 Å². The van der Waals surface area contributed by atoms with Gasteiger partial charge in [0.2, 0.25) is 0 Å². The van der Waals surface area contributed by atoms with Crippen LogP contribution in [-0.2, 0) is 14.3 Å². The second-order valence-corrected chi connectivity index (χ2v) is 8.87. The van der Waals surface area contributed by atoms with Crippen molar-refractivity contribution in [1.29, 1.82) is 0 Å². The van der Waals surface area contributed by atoms with Gasteiger partial charge in [-0.3, -0.25) is 4.79 Å². The van der Waals surface area contributed by atoms with Crippen LogP contribution in [-0.4, -0.2) is 31.7 Å². The fourth-order valence-corrected chi connectivity index (χ4v) is 4.73. The summed E-state index contributed by atoms with van der Waals surface area (Å²) in [6.07, 6.45) is -0.697. The molecule has 0 fully saturated rings. The molecule has 190 valence electrons. The van der Waals surface area contributed by atoms with Crippen LogP contribution in [0.1, 0.15) is 39.0 Å². The lowest BCUT2D eigenvalue weighted by molar-refractivity contribution is -0.118. The minimum Gasteiger partial charge on any atom is -0.465 e. The number of benzene rings is 4. The molecular weight excluding hydrogens is 480 g/mol. The Morgan fingerprint density at radius 3 is 1.95 bits per heavy atom. The summed E-state index contributed by atoms with van der Waals surface area (Å²) in [7, 11) is 1.30. The van der Waals surface area contributed by atoms with Crippen molar-refractivity contribution in [1.82, 2.24) is 5.32 Å². The van der Waals surface area contributed by atoms with Crippen LogP contribution in [0.5, 0.6) is 0 Å². The Morgan fingerprint density at radius 2 is 1.34 bits per heavy atom. The number of alkyl carbamates (subject to hydrolysis) is 1. The van der Waals surface area contributed by atoms with E-state index in [0.717, 1.165) is 22.3 Å². The van der Waals surface area contributed by atoms with E-state index < -0.39 is 24.0 Å². The lowest BCUT2D eigenvalue weighted by Gasteiger charge is -2.20. The molecule has 1 aliphatic rings. The van der Waals surface area contributed by atoms with E-state index in [1.807, 2.05) is 42.5 Å². The number of methoxy groups -OCH3 is 1. The summed E-state index contributed by atoms with van der Waals surface area (Å²) in [5.74, 6) is -1.01. The molecular formula is C31H26N2O5. The van der Waals surface area contributed by atoms with Crippen LogP contribution in [0.2, 0.25) is 0 Å². The van der Waals surface area contributed by atoms with Crippen LogP contribution in [0.3, 0.4) is 0 Å². The zero-order chi connectivity index (χ0) is 26.5. The van der Waals surface area contributed by atoms with E-state index in [4.69, 9.17) is 9.47 Å². The molecule has 0 saturated carbocycles. The van der Waals surface area contributed by atoms with Crippen molar-refractivity contribution in [2.45, 2.75) is 12.0 Å². The Balaban J connectivity index is 1.29. The second kappa shape index (κ2) is 11.0. The molecule has 0 spiro atoms. The minimum atomic E-state index is -0.993. The summed E-state index contributed by atoms with van der Waals surface area (Å²) in [4.78, 5) is 37.9. The molecule has 0 heterocycles. The standard InChI is InChI=1S/C31H26N2O5/c1-37-30(35)21-15-17-22(18-16-21)32-29(34)28(20-9-3-2-4-10-20)33-31(36)38-19-27-25-13-7-5-11-23(25)24-12-6-8-14-26(24)27/h2-18,27-28H,19H2,1H3,(H,32,34)(H,33,36). The third-order valence-corrected chi connectivity index (χ3v) is 6.57. The predicted octanol–water partition coefficient (Wildman–Crippen LogP) is 5.69. The van der Waals surface area contributed by atoms with Crippen LogP contribution in [0.15, 0.2) is 103 Å². The van der Waals surface area contributed by atoms with Gasteiger partial charge in [0.25, 0.3) is 5.91 Å². The number of esters is 1. The highest BCUT2D eigenvalue weighted by Crippen LogP contribution is 2.44. The largest absolute Gasteiger partial charge is 0.465 e. The average molecular weight is 507 g/mol. The Morgan fingerprint density at radius 1 is 0.763 bits per heavy atom. The third kappa shape index (κ3) is 5.13. The Labute approximate surface area is 220 Å². The maximum absolute atomic E-state index is 13.2. The van der Waals surface area contributed by atoms with Gasteiger partial charge in [-0.15, -0.1) is 0 Å². The molecule has 0 saturated heterocycles. The van der Waals surface area contributed by atoms with Crippen LogP contribution in [0.4, 0.5) is 10.5 Å². The smallest absolute Gasteiger partial charge is 0.408 e. The number of fused-ring (bicyclic) bond motifs is 3. The molecule has 2 amide bonds. The SMILES string of the molecule is COC(=O)c1ccc(NC(=O)C(NC(=O)OCC2c3ccccc3-c3ccccc32)c2ccccc2)cc1. The number of rotatable bonds is 7. The van der Waals surface area contributed by atoms with E-state index in [0.29, 0.717) is 16.8 Å². The van der Waals surface area contributed by atoms with Gasteiger partial charge in [-0.05, 0) is 52.1 Å². The van der Waals surface area contributed by atoms with Crippen molar-refractivity contribution in [3.05, 3.63) is 125 Å². The van der Waals surface area contributed by atoms with E-state index in [1.165, 1.54) is 7.11 Å². The number of nitrogens with one attached hydrogen (secondary N) is 2. The summed E-state index contributed by atoms with van der Waals surface area (Å²) in [5, 5.41) is 5.51. The summed E-state index contributed by atoms with van der Waals surface area (Å²) in [6, 6.07) is 30.4. The first-order valence-electron chi connectivity index (χ1n) is 12.2. The zero-order valence-corrected chi connectivity index (χ0v) is 20.7. The van der Waals surface area contributed by atoms with Crippen molar-refractivity contribution in [2.75, 3.05) is 19.0 Å². The molecule has 4 aromatic carbocycles. The van der Waals surface area contributed by atoms with Gasteiger partial charge >= 0.3 is 12.1 Å². The molecule has 0 aliphatic heterocycles. The average Bonchev–Trinajstić information content (AvgIpc) is 3.28. The molecule has 0 aromatic heterocycles. The molecule has 4 aromatic rings. The van der Waals surface area contributed by atoms with Gasteiger partial charge in [0.1, 0.15) is 12.6 Å². The first kappa shape index (κ1) is 24.8. The van der Waals surface area contributed by atoms with Crippen molar-refractivity contribution < 1.29 is 23.9 Å². The van der Waals surface area contributed by atoms with E-state index in [1.54, 1.807) is 48.5 Å². The molecule has 5 rings (SSSR count). The van der Waals surface area contributed by atoms with Crippen molar-refractivity contribution in [3.8, 4) is 11.1 Å². The molecule has 0 bridgehead atoms. The molecule has 1 aliphatic carbocycles. The van der Waals surface area contributed by atoms with Gasteiger partial charge in [0, 0.05) is 11.6 Å². The van der Waals surface area contributed by atoms with Crippen LogP contribution >= 0.6 is 0 Å². The highest BCUT2D eigenvalue weighted by atomic mass is 16.5. The number of anilines is 1.